The molecule has 0 aromatic heterocycles. The van der Waals surface area contributed by atoms with E-state index < -0.39 is 11.6 Å². The number of fused-ring (bicyclic) bond motifs is 1. The van der Waals surface area contributed by atoms with Gasteiger partial charge in [-0.15, -0.1) is 0 Å². The molecule has 3 rings (SSSR count). The van der Waals surface area contributed by atoms with Crippen molar-refractivity contribution in [1.29, 1.82) is 5.41 Å². The Labute approximate surface area is 145 Å². The lowest BCUT2D eigenvalue weighted by Gasteiger charge is -2.23. The first-order valence-electron chi connectivity index (χ1n) is 8.07. The van der Waals surface area contributed by atoms with E-state index in [1.807, 2.05) is 42.5 Å². The van der Waals surface area contributed by atoms with Crippen LogP contribution in [-0.4, -0.2) is 13.0 Å². The van der Waals surface area contributed by atoms with Crippen molar-refractivity contribution >= 4 is 28.1 Å². The van der Waals surface area contributed by atoms with Gasteiger partial charge in [-0.1, -0.05) is 49.4 Å². The minimum Gasteiger partial charge on any atom is -0.326 e. The second-order valence-electron chi connectivity index (χ2n) is 5.78. The van der Waals surface area contributed by atoms with Crippen molar-refractivity contribution in [1.82, 2.24) is 0 Å². The van der Waals surface area contributed by atoms with E-state index in [9.17, 15) is 8.78 Å². The summed E-state index contributed by atoms with van der Waals surface area (Å²) >= 11 is 0. The monoisotopic (exact) mass is 339 g/mol. The molecular weight excluding hydrogens is 320 g/mol. The maximum absolute atomic E-state index is 14.5. The van der Waals surface area contributed by atoms with E-state index in [0.717, 1.165) is 10.8 Å². The van der Waals surface area contributed by atoms with Gasteiger partial charge >= 0.3 is 0 Å². The molecule has 0 heterocycles. The summed E-state index contributed by atoms with van der Waals surface area (Å²) in [5.74, 6) is -1.43. The van der Waals surface area contributed by atoms with Crippen LogP contribution in [0.25, 0.3) is 10.8 Å². The fourth-order valence-corrected chi connectivity index (χ4v) is 2.82. The third-order valence-electron chi connectivity index (χ3n) is 4.24. The van der Waals surface area contributed by atoms with Crippen LogP contribution < -0.4 is 10.2 Å². The molecule has 2 N–H and O–H groups in total. The van der Waals surface area contributed by atoms with Crippen LogP contribution in [0.15, 0.2) is 54.6 Å². The number of halogens is 2. The van der Waals surface area contributed by atoms with Gasteiger partial charge in [0.2, 0.25) is 0 Å². The van der Waals surface area contributed by atoms with E-state index in [0.29, 0.717) is 17.7 Å². The van der Waals surface area contributed by atoms with Gasteiger partial charge in [-0.05, 0) is 29.5 Å². The molecule has 0 unspecified atom stereocenters. The topological polar surface area (TPSA) is 39.1 Å². The molecule has 0 atom stereocenters. The Kier molecular flexibility index (Phi) is 4.65. The van der Waals surface area contributed by atoms with E-state index >= 15 is 0 Å². The maximum Gasteiger partial charge on any atom is 0.200 e. The van der Waals surface area contributed by atoms with Crippen molar-refractivity contribution in [2.75, 3.05) is 17.3 Å². The predicted octanol–water partition coefficient (Wildman–Crippen LogP) is 5.16. The summed E-state index contributed by atoms with van der Waals surface area (Å²) in [5.41, 5.74) is 0.903. The molecule has 5 heteroatoms. The lowest BCUT2D eigenvalue weighted by atomic mass is 10.1. The minimum atomic E-state index is -0.693. The first-order valence-corrected chi connectivity index (χ1v) is 8.07. The number of nitrogens with zero attached hydrogens (tertiary/aromatic N) is 1. The molecule has 0 fully saturated rings. The lowest BCUT2D eigenvalue weighted by molar-refractivity contribution is 0.575. The summed E-state index contributed by atoms with van der Waals surface area (Å²) in [5, 5.41) is 13.2. The molecule has 25 heavy (non-hydrogen) atoms. The quantitative estimate of drug-likeness (QED) is 0.511. The highest BCUT2D eigenvalue weighted by Gasteiger charge is 2.20. The second kappa shape index (κ2) is 6.89. The minimum absolute atomic E-state index is 0.109. The Hall–Kier alpha value is -2.95. The maximum atomic E-state index is 14.5. The van der Waals surface area contributed by atoms with E-state index in [2.05, 4.69) is 5.32 Å². The molecule has 0 aliphatic heterocycles. The van der Waals surface area contributed by atoms with Crippen molar-refractivity contribution in [3.8, 4) is 0 Å². The van der Waals surface area contributed by atoms with Gasteiger partial charge in [0.05, 0.1) is 0 Å². The first-order chi connectivity index (χ1) is 12.0. The van der Waals surface area contributed by atoms with Gasteiger partial charge in [0.15, 0.2) is 11.8 Å². The van der Waals surface area contributed by atoms with Gasteiger partial charge in [0.1, 0.15) is 11.5 Å². The van der Waals surface area contributed by atoms with Crippen molar-refractivity contribution in [3.05, 3.63) is 71.8 Å². The molecular formula is C20H19F2N3. The van der Waals surface area contributed by atoms with Gasteiger partial charge in [-0.25, -0.2) is 8.78 Å². The van der Waals surface area contributed by atoms with Crippen LogP contribution in [0.2, 0.25) is 0 Å². The highest BCUT2D eigenvalue weighted by Crippen LogP contribution is 2.27. The van der Waals surface area contributed by atoms with Crippen molar-refractivity contribution < 1.29 is 8.78 Å². The van der Waals surface area contributed by atoms with Gasteiger partial charge in [0, 0.05) is 18.1 Å². The standard InChI is InChI=1S/C20H19F2N3/c1-3-13-11-12-16(21)19(18(13)22)25(2)20(23)24-17-10-6-8-14-7-4-5-9-15(14)17/h4-12H,3H2,1-2H3,(H2,23,24). The zero-order valence-electron chi connectivity index (χ0n) is 14.1. The molecule has 0 aliphatic rings. The average molecular weight is 339 g/mol. The SMILES string of the molecule is CCc1ccc(F)c(N(C)C(=N)Nc2cccc3ccccc23)c1F. The summed E-state index contributed by atoms with van der Waals surface area (Å²) in [4.78, 5) is 1.19. The molecule has 0 aliphatic carbocycles. The summed E-state index contributed by atoms with van der Waals surface area (Å²) < 4.78 is 28.7. The largest absolute Gasteiger partial charge is 0.326 e. The Balaban J connectivity index is 1.94. The molecule has 128 valence electrons. The lowest BCUT2D eigenvalue weighted by Crippen LogP contribution is -2.33. The smallest absolute Gasteiger partial charge is 0.200 e. The highest BCUT2D eigenvalue weighted by atomic mass is 19.1. The van der Waals surface area contributed by atoms with Gasteiger partial charge in [0.25, 0.3) is 0 Å². The Morgan fingerprint density at radius 2 is 1.76 bits per heavy atom. The van der Waals surface area contributed by atoms with Crippen LogP contribution in [-0.2, 0) is 6.42 Å². The molecule has 0 saturated carbocycles. The van der Waals surface area contributed by atoms with Crippen molar-refractivity contribution in [3.63, 3.8) is 0 Å². The Bertz CT molecular complexity index is 932. The van der Waals surface area contributed by atoms with Crippen LogP contribution >= 0.6 is 0 Å². The third-order valence-corrected chi connectivity index (χ3v) is 4.24. The number of anilines is 2. The van der Waals surface area contributed by atoms with Crippen LogP contribution in [0.3, 0.4) is 0 Å². The summed E-state index contributed by atoms with van der Waals surface area (Å²) in [6.07, 6.45) is 0.455. The number of hydrogen-bond acceptors (Lipinski definition) is 1. The highest BCUT2D eigenvalue weighted by molar-refractivity contribution is 6.08. The van der Waals surface area contributed by atoms with Crippen molar-refractivity contribution in [2.45, 2.75) is 13.3 Å². The Morgan fingerprint density at radius 3 is 2.52 bits per heavy atom. The van der Waals surface area contributed by atoms with Gasteiger partial charge in [-0.3, -0.25) is 5.41 Å². The molecule has 0 bridgehead atoms. The van der Waals surface area contributed by atoms with E-state index in [1.165, 1.54) is 24.1 Å². The predicted molar refractivity (Wildman–Crippen MR) is 99.4 cm³/mol. The number of rotatable bonds is 3. The second-order valence-corrected chi connectivity index (χ2v) is 5.78. The molecule has 0 spiro atoms. The number of hydrogen-bond donors (Lipinski definition) is 2. The fraction of sp³-hybridized carbons (Fsp3) is 0.150. The van der Waals surface area contributed by atoms with Gasteiger partial charge < -0.3 is 10.2 Å². The molecule has 0 saturated heterocycles. The molecule has 3 nitrogen and oxygen atoms in total. The fourth-order valence-electron chi connectivity index (χ4n) is 2.82. The van der Waals surface area contributed by atoms with Crippen LogP contribution in [0.5, 0.6) is 0 Å². The summed E-state index contributed by atoms with van der Waals surface area (Å²) in [6, 6.07) is 16.1. The zero-order chi connectivity index (χ0) is 18.0. The number of aryl methyl sites for hydroxylation is 1. The zero-order valence-corrected chi connectivity index (χ0v) is 14.1. The number of benzene rings is 3. The first kappa shape index (κ1) is 16.9. The van der Waals surface area contributed by atoms with E-state index in [-0.39, 0.29) is 11.6 Å². The molecule has 3 aromatic carbocycles. The normalized spacial score (nSPS) is 10.7. The molecule has 0 radical (unpaired) electrons. The average Bonchev–Trinajstić information content (AvgIpc) is 2.62. The molecule has 3 aromatic rings. The Morgan fingerprint density at radius 1 is 1.04 bits per heavy atom. The van der Waals surface area contributed by atoms with Crippen LogP contribution in [0.4, 0.5) is 20.2 Å². The van der Waals surface area contributed by atoms with Crippen LogP contribution in [0, 0.1) is 17.0 Å². The number of nitrogens with one attached hydrogen (secondary N) is 2. The summed E-state index contributed by atoms with van der Waals surface area (Å²) in [7, 11) is 1.47. The van der Waals surface area contributed by atoms with E-state index in [4.69, 9.17) is 5.41 Å². The van der Waals surface area contributed by atoms with Gasteiger partial charge in [-0.2, -0.15) is 0 Å². The third kappa shape index (κ3) is 3.18. The van der Waals surface area contributed by atoms with Crippen LogP contribution in [0.1, 0.15) is 12.5 Å². The van der Waals surface area contributed by atoms with E-state index in [1.54, 1.807) is 6.92 Å². The summed E-state index contributed by atoms with van der Waals surface area (Å²) in [6.45, 7) is 1.81. The molecule has 0 amide bonds. The van der Waals surface area contributed by atoms with Crippen molar-refractivity contribution in [2.24, 2.45) is 0 Å². The number of guanidine groups is 1.